The van der Waals surface area contributed by atoms with E-state index in [1.807, 2.05) is 12.3 Å². The molecule has 76 valence electrons. The molecule has 1 atom stereocenters. The molecule has 0 aliphatic heterocycles. The van der Waals surface area contributed by atoms with Crippen molar-refractivity contribution in [2.24, 2.45) is 0 Å². The molecule has 0 saturated carbocycles. The summed E-state index contributed by atoms with van der Waals surface area (Å²) in [7, 11) is 0. The first-order chi connectivity index (χ1) is 6.74. The van der Waals surface area contributed by atoms with Gasteiger partial charge in [-0.2, -0.15) is 0 Å². The quantitative estimate of drug-likeness (QED) is 0.789. The Bertz CT molecular complexity index is 290. The first-order valence-corrected chi connectivity index (χ1v) is 5.05. The van der Waals surface area contributed by atoms with Crippen LogP contribution in [0.15, 0.2) is 30.1 Å². The van der Waals surface area contributed by atoms with Crippen molar-refractivity contribution < 1.29 is 0 Å². The van der Waals surface area contributed by atoms with Gasteiger partial charge >= 0.3 is 0 Å². The number of aromatic nitrogens is 1. The van der Waals surface area contributed by atoms with Crippen molar-refractivity contribution >= 4 is 6.08 Å². The maximum Gasteiger partial charge on any atom is 0.0340 e. The van der Waals surface area contributed by atoms with Crippen LogP contribution in [0.2, 0.25) is 0 Å². The first kappa shape index (κ1) is 10.9. The lowest BCUT2D eigenvalue weighted by atomic mass is 10.1. The Balaban J connectivity index is 2.68. The van der Waals surface area contributed by atoms with Gasteiger partial charge in [-0.25, -0.2) is 0 Å². The zero-order valence-electron chi connectivity index (χ0n) is 9.12. The summed E-state index contributed by atoms with van der Waals surface area (Å²) < 4.78 is 0. The molecular formula is C12H18N2. The molecule has 0 bridgehead atoms. The summed E-state index contributed by atoms with van der Waals surface area (Å²) in [5.74, 6) is 0. The number of hydrogen-bond acceptors (Lipinski definition) is 2. The molecule has 2 heteroatoms. The van der Waals surface area contributed by atoms with Crippen molar-refractivity contribution in [3.8, 4) is 0 Å². The third-order valence-electron chi connectivity index (χ3n) is 2.27. The smallest absolute Gasteiger partial charge is 0.0340 e. The molecule has 1 heterocycles. The lowest BCUT2D eigenvalue weighted by Crippen LogP contribution is -2.26. The minimum atomic E-state index is 0.431. The molecule has 0 aliphatic carbocycles. The average molecular weight is 190 g/mol. The highest BCUT2D eigenvalue weighted by Crippen LogP contribution is 2.07. The molecule has 0 spiro atoms. The van der Waals surface area contributed by atoms with E-state index in [9.17, 15) is 0 Å². The van der Waals surface area contributed by atoms with Gasteiger partial charge in [-0.3, -0.25) is 4.98 Å². The van der Waals surface area contributed by atoms with Gasteiger partial charge in [-0.15, -0.1) is 0 Å². The Kier molecular flexibility index (Phi) is 4.33. The van der Waals surface area contributed by atoms with Gasteiger partial charge in [-0.05, 0) is 32.0 Å². The minimum absolute atomic E-state index is 0.431. The topological polar surface area (TPSA) is 24.9 Å². The summed E-state index contributed by atoms with van der Waals surface area (Å²) in [6.07, 6.45) is 5.84. The summed E-state index contributed by atoms with van der Waals surface area (Å²) in [4.78, 5) is 4.08. The van der Waals surface area contributed by atoms with Gasteiger partial charge in [0.1, 0.15) is 0 Å². The van der Waals surface area contributed by atoms with Crippen LogP contribution in [0, 0.1) is 0 Å². The van der Waals surface area contributed by atoms with Gasteiger partial charge in [0, 0.05) is 18.4 Å². The largest absolute Gasteiger partial charge is 0.311 e. The number of rotatable bonds is 4. The van der Waals surface area contributed by atoms with Crippen molar-refractivity contribution in [2.45, 2.75) is 26.8 Å². The van der Waals surface area contributed by atoms with E-state index in [4.69, 9.17) is 0 Å². The molecular weight excluding hydrogens is 172 g/mol. The SMILES string of the molecule is CCNC(C)/C(C)=C/c1cccnc1. The molecule has 0 aliphatic rings. The number of nitrogens with zero attached hydrogens (tertiary/aromatic N) is 1. The monoisotopic (exact) mass is 190 g/mol. The van der Waals surface area contributed by atoms with Crippen molar-refractivity contribution in [1.29, 1.82) is 0 Å². The van der Waals surface area contributed by atoms with E-state index in [1.54, 1.807) is 6.20 Å². The van der Waals surface area contributed by atoms with Crippen LogP contribution in [-0.4, -0.2) is 17.6 Å². The fourth-order valence-corrected chi connectivity index (χ4v) is 1.32. The van der Waals surface area contributed by atoms with Gasteiger partial charge < -0.3 is 5.32 Å². The summed E-state index contributed by atoms with van der Waals surface area (Å²) in [5.41, 5.74) is 2.50. The standard InChI is InChI=1S/C12H18N2/c1-4-14-11(3)10(2)8-12-6-5-7-13-9-12/h5-9,11,14H,4H2,1-3H3/b10-8+. The predicted octanol–water partition coefficient (Wildman–Crippen LogP) is 2.48. The van der Waals surface area contributed by atoms with E-state index in [0.717, 1.165) is 12.1 Å². The van der Waals surface area contributed by atoms with E-state index in [1.165, 1.54) is 5.57 Å². The van der Waals surface area contributed by atoms with Gasteiger partial charge in [0.25, 0.3) is 0 Å². The Hall–Kier alpha value is -1.15. The third-order valence-corrected chi connectivity index (χ3v) is 2.27. The second-order valence-electron chi connectivity index (χ2n) is 3.45. The zero-order chi connectivity index (χ0) is 10.4. The van der Waals surface area contributed by atoms with Crippen LogP contribution in [0.4, 0.5) is 0 Å². The second kappa shape index (κ2) is 5.55. The Morgan fingerprint density at radius 2 is 2.43 bits per heavy atom. The van der Waals surface area contributed by atoms with E-state index >= 15 is 0 Å². The Morgan fingerprint density at radius 3 is 3.00 bits per heavy atom. The van der Waals surface area contributed by atoms with Crippen molar-refractivity contribution in [3.05, 3.63) is 35.7 Å². The minimum Gasteiger partial charge on any atom is -0.311 e. The third kappa shape index (κ3) is 3.30. The van der Waals surface area contributed by atoms with Crippen LogP contribution >= 0.6 is 0 Å². The number of hydrogen-bond donors (Lipinski definition) is 1. The fourth-order valence-electron chi connectivity index (χ4n) is 1.32. The van der Waals surface area contributed by atoms with Crippen LogP contribution < -0.4 is 5.32 Å². The van der Waals surface area contributed by atoms with E-state index in [-0.39, 0.29) is 0 Å². The maximum atomic E-state index is 4.08. The number of pyridine rings is 1. The fraction of sp³-hybridized carbons (Fsp3) is 0.417. The predicted molar refractivity (Wildman–Crippen MR) is 61.0 cm³/mol. The van der Waals surface area contributed by atoms with Gasteiger partial charge in [0.15, 0.2) is 0 Å². The summed E-state index contributed by atoms with van der Waals surface area (Å²) in [5, 5.41) is 3.38. The molecule has 1 unspecified atom stereocenters. The lowest BCUT2D eigenvalue weighted by Gasteiger charge is -2.12. The molecule has 2 nitrogen and oxygen atoms in total. The summed E-state index contributed by atoms with van der Waals surface area (Å²) >= 11 is 0. The highest BCUT2D eigenvalue weighted by molar-refractivity contribution is 5.52. The Labute approximate surface area is 86.1 Å². The van der Waals surface area contributed by atoms with E-state index in [2.05, 4.69) is 43.2 Å². The number of nitrogens with one attached hydrogen (secondary N) is 1. The Morgan fingerprint density at radius 1 is 1.64 bits per heavy atom. The molecule has 0 saturated heterocycles. The van der Waals surface area contributed by atoms with Crippen molar-refractivity contribution in [3.63, 3.8) is 0 Å². The van der Waals surface area contributed by atoms with Crippen LogP contribution in [-0.2, 0) is 0 Å². The molecule has 1 aromatic rings. The summed E-state index contributed by atoms with van der Waals surface area (Å²) in [6.45, 7) is 7.43. The van der Waals surface area contributed by atoms with Gasteiger partial charge in [0.2, 0.25) is 0 Å². The maximum absolute atomic E-state index is 4.08. The highest BCUT2D eigenvalue weighted by atomic mass is 14.9. The average Bonchev–Trinajstić information content (AvgIpc) is 2.19. The van der Waals surface area contributed by atoms with Crippen molar-refractivity contribution in [2.75, 3.05) is 6.54 Å². The van der Waals surface area contributed by atoms with Gasteiger partial charge in [0.05, 0.1) is 0 Å². The van der Waals surface area contributed by atoms with Crippen molar-refractivity contribution in [1.82, 2.24) is 10.3 Å². The van der Waals surface area contributed by atoms with E-state index in [0.29, 0.717) is 6.04 Å². The zero-order valence-corrected chi connectivity index (χ0v) is 9.12. The van der Waals surface area contributed by atoms with Crippen LogP contribution in [0.3, 0.4) is 0 Å². The molecule has 0 amide bonds. The lowest BCUT2D eigenvalue weighted by molar-refractivity contribution is 0.636. The highest BCUT2D eigenvalue weighted by Gasteiger charge is 2.00. The summed E-state index contributed by atoms with van der Waals surface area (Å²) in [6, 6.07) is 4.45. The van der Waals surface area contributed by atoms with Crippen LogP contribution in [0.5, 0.6) is 0 Å². The molecule has 14 heavy (non-hydrogen) atoms. The molecule has 1 aromatic heterocycles. The van der Waals surface area contributed by atoms with Crippen LogP contribution in [0.25, 0.3) is 6.08 Å². The molecule has 0 fully saturated rings. The van der Waals surface area contributed by atoms with E-state index < -0.39 is 0 Å². The first-order valence-electron chi connectivity index (χ1n) is 5.05. The molecule has 1 N–H and O–H groups in total. The van der Waals surface area contributed by atoms with Crippen LogP contribution in [0.1, 0.15) is 26.3 Å². The second-order valence-corrected chi connectivity index (χ2v) is 3.45. The number of likely N-dealkylation sites (N-methyl/N-ethyl adjacent to an activating group) is 1. The normalized spacial score (nSPS) is 14.1. The molecule has 0 radical (unpaired) electrons. The molecule has 0 aromatic carbocycles. The molecule has 1 rings (SSSR count). The van der Waals surface area contributed by atoms with Gasteiger partial charge in [-0.1, -0.05) is 24.6 Å².